The first-order valence-corrected chi connectivity index (χ1v) is 15.3. The van der Waals surface area contributed by atoms with Gasteiger partial charge in [0.2, 0.25) is 20.0 Å². The van der Waals surface area contributed by atoms with Crippen LogP contribution in [0.15, 0.2) is 82.6 Å². The Morgan fingerprint density at radius 2 is 0.775 bits per heavy atom. The quantitative estimate of drug-likeness (QED) is 0.308. The van der Waals surface area contributed by atoms with Gasteiger partial charge >= 0.3 is 0 Å². The Morgan fingerprint density at radius 1 is 0.500 bits per heavy atom. The van der Waals surface area contributed by atoms with Crippen LogP contribution in [0.5, 0.6) is 0 Å². The lowest BCUT2D eigenvalue weighted by Crippen LogP contribution is -2.40. The van der Waals surface area contributed by atoms with Crippen LogP contribution in [0.2, 0.25) is 0 Å². The fraction of sp³-hybridized carbons (Fsp3) is 0.286. The lowest BCUT2D eigenvalue weighted by Gasteiger charge is -2.20. The predicted molar refractivity (Wildman–Crippen MR) is 155 cm³/mol. The van der Waals surface area contributed by atoms with Crippen molar-refractivity contribution in [1.82, 2.24) is 9.44 Å². The minimum absolute atomic E-state index is 0.0774. The molecule has 0 unspecified atom stereocenters. The van der Waals surface area contributed by atoms with E-state index in [9.17, 15) is 26.4 Å². The molecule has 0 spiro atoms. The average molecular weight is 587 g/mol. The Bertz CT molecular complexity index is 1460. The highest BCUT2D eigenvalue weighted by atomic mass is 32.2. The van der Waals surface area contributed by atoms with Gasteiger partial charge < -0.3 is 10.6 Å². The van der Waals surface area contributed by atoms with Crippen molar-refractivity contribution in [3.63, 3.8) is 0 Å². The third-order valence-electron chi connectivity index (χ3n) is 5.14. The Kier molecular flexibility index (Phi) is 8.90. The zero-order valence-electron chi connectivity index (χ0n) is 23.2. The summed E-state index contributed by atoms with van der Waals surface area (Å²) in [6, 6.07) is 17.5. The summed E-state index contributed by atoms with van der Waals surface area (Å²) in [5, 5.41) is 5.39. The van der Waals surface area contributed by atoms with E-state index in [-0.39, 0.29) is 9.79 Å². The number of anilines is 2. The summed E-state index contributed by atoms with van der Waals surface area (Å²) in [5.74, 6) is -0.868. The molecular formula is C28H34N4O6S2. The Balaban J connectivity index is 1.62. The van der Waals surface area contributed by atoms with Crippen LogP contribution in [0.1, 0.15) is 62.3 Å². The number of hydrogen-bond donors (Lipinski definition) is 4. The van der Waals surface area contributed by atoms with Crippen molar-refractivity contribution < 1.29 is 26.4 Å². The lowest BCUT2D eigenvalue weighted by atomic mass is 10.1. The molecule has 40 heavy (non-hydrogen) atoms. The van der Waals surface area contributed by atoms with Gasteiger partial charge in [-0.2, -0.15) is 0 Å². The molecule has 0 bridgehead atoms. The number of carbonyl (C=O) groups is 2. The van der Waals surface area contributed by atoms with Crippen molar-refractivity contribution in [3.8, 4) is 0 Å². The highest BCUT2D eigenvalue weighted by Crippen LogP contribution is 2.19. The van der Waals surface area contributed by atoms with E-state index in [2.05, 4.69) is 20.1 Å². The number of benzene rings is 3. The fourth-order valence-electron chi connectivity index (χ4n) is 3.54. The second-order valence-corrected chi connectivity index (χ2v) is 14.6. The predicted octanol–water partition coefficient (Wildman–Crippen LogP) is 4.34. The molecular weight excluding hydrogens is 552 g/mol. The molecule has 10 nitrogen and oxygen atoms in total. The van der Waals surface area contributed by atoms with E-state index in [1.807, 2.05) is 0 Å². The van der Waals surface area contributed by atoms with Crippen molar-refractivity contribution in [2.75, 3.05) is 10.6 Å². The number of hydrogen-bond acceptors (Lipinski definition) is 6. The monoisotopic (exact) mass is 586 g/mol. The van der Waals surface area contributed by atoms with Gasteiger partial charge in [0, 0.05) is 33.6 Å². The zero-order chi connectivity index (χ0) is 29.9. The summed E-state index contributed by atoms with van der Waals surface area (Å²) in [5.41, 5.74) is 0.139. The molecule has 2 amide bonds. The number of rotatable bonds is 8. The second kappa shape index (κ2) is 11.5. The van der Waals surface area contributed by atoms with Crippen LogP contribution in [0, 0.1) is 0 Å². The lowest BCUT2D eigenvalue weighted by molar-refractivity contribution is 0.101. The molecule has 0 aliphatic carbocycles. The van der Waals surface area contributed by atoms with Crippen molar-refractivity contribution in [3.05, 3.63) is 83.9 Å². The van der Waals surface area contributed by atoms with Crippen LogP contribution in [0.3, 0.4) is 0 Å². The normalized spacial score (nSPS) is 12.6. The van der Waals surface area contributed by atoms with Gasteiger partial charge in [-0.05, 0) is 114 Å². The first-order valence-electron chi connectivity index (χ1n) is 12.4. The van der Waals surface area contributed by atoms with E-state index >= 15 is 0 Å². The largest absolute Gasteiger partial charge is 0.322 e. The summed E-state index contributed by atoms with van der Waals surface area (Å²) in [4.78, 5) is 25.5. The van der Waals surface area contributed by atoms with E-state index in [4.69, 9.17) is 0 Å². The number of amides is 2. The van der Waals surface area contributed by atoms with Crippen molar-refractivity contribution >= 4 is 43.2 Å². The maximum Gasteiger partial charge on any atom is 0.255 e. The molecule has 0 aliphatic heterocycles. The van der Waals surface area contributed by atoms with Gasteiger partial charge in [0.05, 0.1) is 9.79 Å². The third-order valence-corrected chi connectivity index (χ3v) is 8.68. The molecule has 0 atom stereocenters. The number of nitrogens with one attached hydrogen (secondary N) is 4. The third kappa shape index (κ3) is 8.71. The van der Waals surface area contributed by atoms with Crippen molar-refractivity contribution in [2.45, 2.75) is 62.4 Å². The van der Waals surface area contributed by atoms with Crippen molar-refractivity contribution in [2.24, 2.45) is 0 Å². The molecule has 0 radical (unpaired) electrons. The van der Waals surface area contributed by atoms with Crippen molar-refractivity contribution in [1.29, 1.82) is 0 Å². The summed E-state index contributed by atoms with van der Waals surface area (Å²) in [6.07, 6.45) is 0. The van der Waals surface area contributed by atoms with Gasteiger partial charge in [-0.15, -0.1) is 0 Å². The standard InChI is InChI=1S/C28H34N4O6S2/c1-27(2,3)31-39(35,36)23-15-11-21(12-16-23)29-25(33)19-7-9-20(10-8-19)26(34)30-22-13-17-24(18-14-22)40(37,38)32-28(4,5)6/h7-18,31-32H,1-6H3,(H,29,33)(H,30,34). The molecule has 12 heteroatoms. The molecule has 0 fully saturated rings. The van der Waals surface area contributed by atoms with Gasteiger partial charge in [0.1, 0.15) is 0 Å². The average Bonchev–Trinajstić information content (AvgIpc) is 2.82. The summed E-state index contributed by atoms with van der Waals surface area (Å²) in [6.45, 7) is 10.5. The van der Waals surface area contributed by atoms with Gasteiger partial charge in [-0.3, -0.25) is 9.59 Å². The molecule has 0 saturated heterocycles. The second-order valence-electron chi connectivity index (χ2n) is 11.2. The van der Waals surface area contributed by atoms with E-state index in [0.717, 1.165) is 0 Å². The first kappa shape index (κ1) is 31.0. The first-order chi connectivity index (χ1) is 18.3. The minimum atomic E-state index is -3.70. The maximum absolute atomic E-state index is 12.7. The fourth-order valence-corrected chi connectivity index (χ4v) is 6.38. The van der Waals surface area contributed by atoms with E-state index in [1.54, 1.807) is 41.5 Å². The highest BCUT2D eigenvalue weighted by Gasteiger charge is 2.23. The highest BCUT2D eigenvalue weighted by molar-refractivity contribution is 7.89. The topological polar surface area (TPSA) is 151 Å². The van der Waals surface area contributed by atoms with Crippen LogP contribution in [0.4, 0.5) is 11.4 Å². The zero-order valence-corrected chi connectivity index (χ0v) is 24.8. The van der Waals surface area contributed by atoms with Gasteiger partial charge in [0.25, 0.3) is 11.8 Å². The Morgan fingerprint density at radius 3 is 1.02 bits per heavy atom. The van der Waals surface area contributed by atoms with Crippen LogP contribution in [0.25, 0.3) is 0 Å². The molecule has 3 aromatic rings. The maximum atomic E-state index is 12.7. The summed E-state index contributed by atoms with van der Waals surface area (Å²) >= 11 is 0. The molecule has 3 aromatic carbocycles. The van der Waals surface area contributed by atoms with Crippen LogP contribution >= 0.6 is 0 Å². The molecule has 0 aromatic heterocycles. The molecule has 214 valence electrons. The smallest absolute Gasteiger partial charge is 0.255 e. The summed E-state index contributed by atoms with van der Waals surface area (Å²) < 4.78 is 54.9. The van der Waals surface area contributed by atoms with Gasteiger partial charge in [-0.25, -0.2) is 26.3 Å². The minimum Gasteiger partial charge on any atom is -0.322 e. The van der Waals surface area contributed by atoms with E-state index in [0.29, 0.717) is 22.5 Å². The number of sulfonamides is 2. The molecule has 0 saturated carbocycles. The van der Waals surface area contributed by atoms with E-state index in [1.165, 1.54) is 72.8 Å². The van der Waals surface area contributed by atoms with E-state index < -0.39 is 42.9 Å². The molecule has 4 N–H and O–H groups in total. The SMILES string of the molecule is CC(C)(C)NS(=O)(=O)c1ccc(NC(=O)c2ccc(C(=O)Nc3ccc(S(=O)(=O)NC(C)(C)C)cc3)cc2)cc1. The summed E-state index contributed by atoms with van der Waals surface area (Å²) in [7, 11) is -7.39. The van der Waals surface area contributed by atoms with Gasteiger partial charge in [-0.1, -0.05) is 0 Å². The van der Waals surface area contributed by atoms with Crippen LogP contribution in [-0.2, 0) is 20.0 Å². The number of carbonyl (C=O) groups excluding carboxylic acids is 2. The Labute approximate surface area is 235 Å². The molecule has 0 aliphatic rings. The van der Waals surface area contributed by atoms with Crippen LogP contribution in [-0.4, -0.2) is 39.7 Å². The Hall–Kier alpha value is -3.58. The van der Waals surface area contributed by atoms with Gasteiger partial charge in [0.15, 0.2) is 0 Å². The molecule has 3 rings (SSSR count). The van der Waals surface area contributed by atoms with Crippen LogP contribution < -0.4 is 20.1 Å². The molecule has 0 heterocycles.